The van der Waals surface area contributed by atoms with Crippen LogP contribution < -0.4 is 0 Å². The molecule has 4 nitrogen and oxygen atoms in total. The van der Waals surface area contributed by atoms with E-state index in [1.165, 1.54) is 25.7 Å². The molecule has 1 aromatic heterocycles. The third-order valence-electron chi connectivity index (χ3n) is 3.11. The predicted molar refractivity (Wildman–Crippen MR) is 62.1 cm³/mol. The topological polar surface area (TPSA) is 43.6 Å². The fourth-order valence-electron chi connectivity index (χ4n) is 2.16. The number of tetrazole rings is 1. The van der Waals surface area contributed by atoms with E-state index in [0.29, 0.717) is 10.6 Å². The predicted octanol–water partition coefficient (Wildman–Crippen LogP) is 2.09. The van der Waals surface area contributed by atoms with Gasteiger partial charge in [-0.1, -0.05) is 12.8 Å². The van der Waals surface area contributed by atoms with Gasteiger partial charge in [-0.3, -0.25) is 0 Å². The molecule has 0 spiro atoms. The molecule has 1 aliphatic carbocycles. The SMILES string of the molecule is CSC1(Cn2nnnc2CCl)CCCC1. The van der Waals surface area contributed by atoms with Crippen LogP contribution in [0, 0.1) is 0 Å². The first kappa shape index (κ1) is 11.2. The minimum atomic E-state index is 0.330. The minimum Gasteiger partial charge on any atom is -0.227 e. The van der Waals surface area contributed by atoms with Crippen LogP contribution in [0.3, 0.4) is 0 Å². The Labute approximate surface area is 98.8 Å². The van der Waals surface area contributed by atoms with Gasteiger partial charge in [0.1, 0.15) is 0 Å². The summed E-state index contributed by atoms with van der Waals surface area (Å²) >= 11 is 7.72. The Bertz CT molecular complexity index is 322. The van der Waals surface area contributed by atoms with E-state index in [0.717, 1.165) is 12.4 Å². The molecule has 0 bridgehead atoms. The summed E-state index contributed by atoms with van der Waals surface area (Å²) in [5, 5.41) is 11.6. The average Bonchev–Trinajstić information content (AvgIpc) is 2.88. The standard InChI is InChI=1S/C9H15ClN4S/c1-15-9(4-2-3-5-9)7-14-8(6-10)11-12-13-14/h2-7H2,1H3. The number of hydrogen-bond acceptors (Lipinski definition) is 4. The summed E-state index contributed by atoms with van der Waals surface area (Å²) in [7, 11) is 0. The minimum absolute atomic E-state index is 0.330. The van der Waals surface area contributed by atoms with E-state index in [1.54, 1.807) is 0 Å². The van der Waals surface area contributed by atoms with Gasteiger partial charge >= 0.3 is 0 Å². The third kappa shape index (κ3) is 2.28. The van der Waals surface area contributed by atoms with Gasteiger partial charge in [-0.2, -0.15) is 11.8 Å². The lowest BCUT2D eigenvalue weighted by atomic mass is 10.1. The molecule has 6 heteroatoms. The number of alkyl halides is 1. The van der Waals surface area contributed by atoms with Gasteiger partial charge in [0.05, 0.1) is 12.4 Å². The van der Waals surface area contributed by atoms with E-state index >= 15 is 0 Å². The van der Waals surface area contributed by atoms with Gasteiger partial charge < -0.3 is 0 Å². The van der Waals surface area contributed by atoms with Crippen molar-refractivity contribution in [3.8, 4) is 0 Å². The molecule has 1 aliphatic rings. The van der Waals surface area contributed by atoms with Gasteiger partial charge in [-0.25, -0.2) is 4.68 Å². The Kier molecular flexibility index (Phi) is 3.51. The first-order valence-corrected chi connectivity index (χ1v) is 6.92. The van der Waals surface area contributed by atoms with Crippen LogP contribution in [0.2, 0.25) is 0 Å². The normalized spacial score (nSPS) is 19.6. The molecule has 1 saturated carbocycles. The smallest absolute Gasteiger partial charge is 0.166 e. The molecule has 0 saturated heterocycles. The summed E-state index contributed by atoms with van der Waals surface area (Å²) in [6, 6.07) is 0. The largest absolute Gasteiger partial charge is 0.227 e. The Morgan fingerprint density at radius 3 is 2.80 bits per heavy atom. The highest BCUT2D eigenvalue weighted by Gasteiger charge is 2.34. The molecule has 0 aliphatic heterocycles. The molecule has 1 heterocycles. The van der Waals surface area contributed by atoms with Gasteiger partial charge in [0.25, 0.3) is 0 Å². The zero-order chi connectivity index (χ0) is 10.7. The van der Waals surface area contributed by atoms with Crippen molar-refractivity contribution in [2.45, 2.75) is 42.9 Å². The van der Waals surface area contributed by atoms with Crippen LogP contribution in [0.4, 0.5) is 0 Å². The van der Waals surface area contributed by atoms with Crippen molar-refractivity contribution >= 4 is 23.4 Å². The zero-order valence-corrected chi connectivity index (χ0v) is 10.4. The lowest BCUT2D eigenvalue weighted by Crippen LogP contribution is -2.28. The lowest BCUT2D eigenvalue weighted by Gasteiger charge is -2.26. The molecular weight excluding hydrogens is 232 g/mol. The van der Waals surface area contributed by atoms with Crippen LogP contribution in [0.15, 0.2) is 0 Å². The number of rotatable bonds is 4. The molecule has 0 radical (unpaired) electrons. The maximum absolute atomic E-state index is 5.78. The van der Waals surface area contributed by atoms with Crippen LogP contribution >= 0.6 is 23.4 Å². The molecule has 15 heavy (non-hydrogen) atoms. The molecule has 0 aromatic carbocycles. The molecule has 2 rings (SSSR count). The monoisotopic (exact) mass is 246 g/mol. The first-order chi connectivity index (χ1) is 7.29. The molecule has 1 fully saturated rings. The Balaban J connectivity index is 2.12. The van der Waals surface area contributed by atoms with E-state index in [1.807, 2.05) is 16.4 Å². The second-order valence-electron chi connectivity index (χ2n) is 3.98. The molecular formula is C9H15ClN4S. The summed E-state index contributed by atoms with van der Waals surface area (Å²) in [5.74, 6) is 1.16. The van der Waals surface area contributed by atoms with Crippen molar-refractivity contribution in [2.75, 3.05) is 6.26 Å². The Morgan fingerprint density at radius 2 is 2.20 bits per heavy atom. The fraction of sp³-hybridized carbons (Fsp3) is 0.889. The number of nitrogens with zero attached hydrogens (tertiary/aromatic N) is 4. The second kappa shape index (κ2) is 4.70. The third-order valence-corrected chi connectivity index (χ3v) is 4.75. The number of halogens is 1. The first-order valence-electron chi connectivity index (χ1n) is 5.16. The van der Waals surface area contributed by atoms with Crippen LogP contribution in [-0.4, -0.2) is 31.2 Å². The molecule has 84 valence electrons. The summed E-state index contributed by atoms with van der Waals surface area (Å²) in [6.45, 7) is 0.892. The highest BCUT2D eigenvalue weighted by atomic mass is 35.5. The molecule has 0 amide bonds. The number of thioether (sulfide) groups is 1. The van der Waals surface area contributed by atoms with Crippen molar-refractivity contribution in [3.63, 3.8) is 0 Å². The van der Waals surface area contributed by atoms with Crippen LogP contribution in [-0.2, 0) is 12.4 Å². The van der Waals surface area contributed by atoms with Crippen LogP contribution in [0.25, 0.3) is 0 Å². The highest BCUT2D eigenvalue weighted by molar-refractivity contribution is 8.00. The van der Waals surface area contributed by atoms with Crippen molar-refractivity contribution in [2.24, 2.45) is 0 Å². The van der Waals surface area contributed by atoms with Crippen molar-refractivity contribution < 1.29 is 0 Å². The lowest BCUT2D eigenvalue weighted by molar-refractivity contribution is 0.453. The second-order valence-corrected chi connectivity index (χ2v) is 5.52. The van der Waals surface area contributed by atoms with Gasteiger partial charge in [0.2, 0.25) is 0 Å². The maximum atomic E-state index is 5.78. The Hall–Kier alpha value is -0.290. The molecule has 0 unspecified atom stereocenters. The quantitative estimate of drug-likeness (QED) is 0.763. The van der Waals surface area contributed by atoms with E-state index in [-0.39, 0.29) is 0 Å². The van der Waals surface area contributed by atoms with Gasteiger partial charge in [0.15, 0.2) is 5.82 Å². The van der Waals surface area contributed by atoms with Crippen LogP contribution in [0.1, 0.15) is 31.5 Å². The maximum Gasteiger partial charge on any atom is 0.166 e. The van der Waals surface area contributed by atoms with Crippen LogP contribution in [0.5, 0.6) is 0 Å². The zero-order valence-electron chi connectivity index (χ0n) is 8.82. The number of hydrogen-bond donors (Lipinski definition) is 0. The van der Waals surface area contributed by atoms with E-state index < -0.39 is 0 Å². The molecule has 0 N–H and O–H groups in total. The van der Waals surface area contributed by atoms with E-state index in [4.69, 9.17) is 11.6 Å². The van der Waals surface area contributed by atoms with E-state index in [2.05, 4.69) is 21.8 Å². The van der Waals surface area contributed by atoms with Gasteiger partial charge in [0, 0.05) is 4.75 Å². The van der Waals surface area contributed by atoms with E-state index in [9.17, 15) is 0 Å². The van der Waals surface area contributed by atoms with Gasteiger partial charge in [-0.05, 0) is 29.5 Å². The summed E-state index contributed by atoms with van der Waals surface area (Å²) in [6.07, 6.45) is 7.33. The highest BCUT2D eigenvalue weighted by Crippen LogP contribution is 2.41. The molecule has 1 aromatic rings. The summed E-state index contributed by atoms with van der Waals surface area (Å²) < 4.78 is 2.19. The van der Waals surface area contributed by atoms with Crippen molar-refractivity contribution in [3.05, 3.63) is 5.82 Å². The fourth-order valence-corrected chi connectivity index (χ4v) is 3.30. The average molecular weight is 247 g/mol. The summed E-state index contributed by atoms with van der Waals surface area (Å²) in [4.78, 5) is 0. The Morgan fingerprint density at radius 1 is 1.47 bits per heavy atom. The summed E-state index contributed by atoms with van der Waals surface area (Å²) in [5.41, 5.74) is 0. The molecule has 0 atom stereocenters. The van der Waals surface area contributed by atoms with Crippen molar-refractivity contribution in [1.82, 2.24) is 20.2 Å². The van der Waals surface area contributed by atoms with Gasteiger partial charge in [-0.15, -0.1) is 16.7 Å². The van der Waals surface area contributed by atoms with Crippen molar-refractivity contribution in [1.29, 1.82) is 0 Å². The number of aromatic nitrogens is 4.